The molecule has 0 bridgehead atoms. The van der Waals surface area contributed by atoms with Crippen LogP contribution in [0.4, 0.5) is 4.79 Å². The predicted octanol–water partition coefficient (Wildman–Crippen LogP) is 0.661. The first kappa shape index (κ1) is 12.2. The Bertz CT molecular complexity index is 237. The molecule has 0 aromatic rings. The number of aliphatic hydroxyl groups is 1. The van der Waals surface area contributed by atoms with Gasteiger partial charge in [-0.25, -0.2) is 9.69 Å². The van der Waals surface area contributed by atoms with Crippen LogP contribution in [-0.2, 0) is 9.47 Å². The van der Waals surface area contributed by atoms with Crippen molar-refractivity contribution >= 4 is 6.16 Å². The molecule has 1 rings (SSSR count). The van der Waals surface area contributed by atoms with Crippen molar-refractivity contribution in [3.63, 3.8) is 0 Å². The zero-order valence-corrected chi connectivity index (χ0v) is 9.14. The van der Waals surface area contributed by atoms with E-state index in [1.807, 2.05) is 20.8 Å². The van der Waals surface area contributed by atoms with Gasteiger partial charge in [0.25, 0.3) is 0 Å². The standard InChI is InChI=1S/C9H17NO5/c1-9(2,3)7-10(4-6(11)15-7)5-14-8(12)13/h6-7,11H,4-5H2,1-3H3,(H,12,13)/t6-,7+/m0/s1. The summed E-state index contributed by atoms with van der Waals surface area (Å²) in [7, 11) is 0. The molecule has 6 heteroatoms. The second-order valence-electron chi connectivity index (χ2n) is 4.62. The molecule has 0 radical (unpaired) electrons. The van der Waals surface area contributed by atoms with E-state index in [9.17, 15) is 9.90 Å². The van der Waals surface area contributed by atoms with Crippen LogP contribution in [0.5, 0.6) is 0 Å². The molecule has 0 aromatic carbocycles. The van der Waals surface area contributed by atoms with Crippen LogP contribution in [0, 0.1) is 5.41 Å². The summed E-state index contributed by atoms with van der Waals surface area (Å²) >= 11 is 0. The van der Waals surface area contributed by atoms with E-state index >= 15 is 0 Å². The van der Waals surface area contributed by atoms with Crippen LogP contribution in [0.15, 0.2) is 0 Å². The Morgan fingerprint density at radius 1 is 1.60 bits per heavy atom. The van der Waals surface area contributed by atoms with E-state index in [-0.39, 0.29) is 24.9 Å². The number of hydrogen-bond donors (Lipinski definition) is 2. The number of hydrogen-bond acceptors (Lipinski definition) is 5. The monoisotopic (exact) mass is 219 g/mol. The molecule has 2 atom stereocenters. The first-order valence-electron chi connectivity index (χ1n) is 4.74. The number of carbonyl (C=O) groups is 1. The smallest absolute Gasteiger partial charge is 0.450 e. The van der Waals surface area contributed by atoms with Gasteiger partial charge in [0, 0.05) is 5.41 Å². The third-order valence-corrected chi connectivity index (χ3v) is 2.10. The minimum Gasteiger partial charge on any atom is -0.450 e. The van der Waals surface area contributed by atoms with E-state index < -0.39 is 12.4 Å². The third-order valence-electron chi connectivity index (χ3n) is 2.10. The minimum absolute atomic E-state index is 0.0890. The molecule has 1 heterocycles. The number of β-amino-alcohol motifs (C(OH)–C–C–N with tert-alkyl or cyclic N) is 1. The number of ether oxygens (including phenoxy) is 2. The zero-order valence-electron chi connectivity index (χ0n) is 9.14. The van der Waals surface area contributed by atoms with Crippen molar-refractivity contribution in [2.75, 3.05) is 13.3 Å². The highest BCUT2D eigenvalue weighted by molar-refractivity contribution is 5.56. The Balaban J connectivity index is 2.57. The molecule has 2 N–H and O–H groups in total. The molecule has 0 saturated carbocycles. The van der Waals surface area contributed by atoms with Gasteiger partial charge in [0.05, 0.1) is 6.54 Å². The number of nitrogens with zero attached hydrogens (tertiary/aromatic N) is 1. The van der Waals surface area contributed by atoms with Crippen molar-refractivity contribution in [2.24, 2.45) is 5.41 Å². The normalized spacial score (nSPS) is 28.0. The summed E-state index contributed by atoms with van der Waals surface area (Å²) in [6.45, 7) is 6.01. The van der Waals surface area contributed by atoms with Gasteiger partial charge in [-0.2, -0.15) is 0 Å². The van der Waals surface area contributed by atoms with E-state index in [4.69, 9.17) is 9.84 Å². The van der Waals surface area contributed by atoms with Crippen LogP contribution < -0.4 is 0 Å². The van der Waals surface area contributed by atoms with Crippen LogP contribution >= 0.6 is 0 Å². The van der Waals surface area contributed by atoms with Gasteiger partial charge >= 0.3 is 6.16 Å². The maximum Gasteiger partial charge on any atom is 0.507 e. The van der Waals surface area contributed by atoms with Crippen molar-refractivity contribution in [3.05, 3.63) is 0 Å². The number of aliphatic hydroxyl groups excluding tert-OH is 1. The molecule has 0 spiro atoms. The summed E-state index contributed by atoms with van der Waals surface area (Å²) in [4.78, 5) is 11.9. The van der Waals surface area contributed by atoms with Gasteiger partial charge in [-0.3, -0.25) is 0 Å². The molecule has 0 amide bonds. The Labute approximate surface area is 88.4 Å². The summed E-state index contributed by atoms with van der Waals surface area (Å²) in [5, 5.41) is 17.7. The Morgan fingerprint density at radius 2 is 2.20 bits per heavy atom. The lowest BCUT2D eigenvalue weighted by Gasteiger charge is -2.32. The second kappa shape index (κ2) is 4.34. The zero-order chi connectivity index (χ0) is 11.6. The highest BCUT2D eigenvalue weighted by atomic mass is 16.7. The van der Waals surface area contributed by atoms with E-state index in [1.165, 1.54) is 0 Å². The van der Waals surface area contributed by atoms with E-state index in [0.29, 0.717) is 0 Å². The van der Waals surface area contributed by atoms with Crippen molar-refractivity contribution in [2.45, 2.75) is 33.3 Å². The van der Waals surface area contributed by atoms with Gasteiger partial charge in [-0.1, -0.05) is 20.8 Å². The molecule has 0 aromatic heterocycles. The molecule has 1 aliphatic rings. The average molecular weight is 219 g/mol. The summed E-state index contributed by atoms with van der Waals surface area (Å²) in [6, 6.07) is 0. The van der Waals surface area contributed by atoms with E-state index in [0.717, 1.165) is 0 Å². The van der Waals surface area contributed by atoms with Crippen LogP contribution in [0.1, 0.15) is 20.8 Å². The molecule has 88 valence electrons. The van der Waals surface area contributed by atoms with Crippen LogP contribution in [0.2, 0.25) is 0 Å². The SMILES string of the molecule is CC(C)(C)[C@H]1O[C@H](O)CN1COC(=O)O. The van der Waals surface area contributed by atoms with Gasteiger partial charge in [0.1, 0.15) is 6.23 Å². The van der Waals surface area contributed by atoms with Crippen LogP contribution in [0.3, 0.4) is 0 Å². The highest BCUT2D eigenvalue weighted by Gasteiger charge is 2.40. The quantitative estimate of drug-likeness (QED) is 0.664. The lowest BCUT2D eigenvalue weighted by atomic mass is 9.94. The highest BCUT2D eigenvalue weighted by Crippen LogP contribution is 2.30. The molecular weight excluding hydrogens is 202 g/mol. The minimum atomic E-state index is -1.33. The van der Waals surface area contributed by atoms with Crippen molar-refractivity contribution in [1.82, 2.24) is 4.90 Å². The van der Waals surface area contributed by atoms with Gasteiger partial charge in [-0.05, 0) is 0 Å². The molecular formula is C9H17NO5. The Morgan fingerprint density at radius 3 is 2.67 bits per heavy atom. The maximum absolute atomic E-state index is 10.2. The molecule has 6 nitrogen and oxygen atoms in total. The number of rotatable bonds is 2. The van der Waals surface area contributed by atoms with Crippen LogP contribution in [-0.4, -0.2) is 47.1 Å². The molecule has 1 aliphatic heterocycles. The molecule has 1 saturated heterocycles. The second-order valence-corrected chi connectivity index (χ2v) is 4.62. The third kappa shape index (κ3) is 3.33. The molecule has 15 heavy (non-hydrogen) atoms. The van der Waals surface area contributed by atoms with Crippen molar-refractivity contribution in [1.29, 1.82) is 0 Å². The maximum atomic E-state index is 10.2. The summed E-state index contributed by atoms with van der Waals surface area (Å²) < 4.78 is 9.73. The van der Waals surface area contributed by atoms with E-state index in [2.05, 4.69) is 4.74 Å². The fraction of sp³-hybridized carbons (Fsp3) is 0.889. The first-order valence-corrected chi connectivity index (χ1v) is 4.74. The largest absolute Gasteiger partial charge is 0.507 e. The van der Waals surface area contributed by atoms with Gasteiger partial charge in [0.15, 0.2) is 13.0 Å². The number of carboxylic acid groups (broad SMARTS) is 1. The Hall–Kier alpha value is -0.850. The lowest BCUT2D eigenvalue weighted by Crippen LogP contribution is -2.41. The average Bonchev–Trinajstić information content (AvgIpc) is 2.42. The van der Waals surface area contributed by atoms with Gasteiger partial charge in [-0.15, -0.1) is 0 Å². The lowest BCUT2D eigenvalue weighted by molar-refractivity contribution is -0.140. The predicted molar refractivity (Wildman–Crippen MR) is 51.0 cm³/mol. The van der Waals surface area contributed by atoms with E-state index in [1.54, 1.807) is 4.90 Å². The first-order chi connectivity index (χ1) is 6.80. The van der Waals surface area contributed by atoms with Crippen molar-refractivity contribution in [3.8, 4) is 0 Å². The summed E-state index contributed by atoms with van der Waals surface area (Å²) in [6.07, 6.45) is -2.55. The van der Waals surface area contributed by atoms with Gasteiger partial charge in [0.2, 0.25) is 0 Å². The van der Waals surface area contributed by atoms with Gasteiger partial charge < -0.3 is 19.7 Å². The molecule has 0 aliphatic carbocycles. The molecule has 1 fully saturated rings. The van der Waals surface area contributed by atoms with Crippen molar-refractivity contribution < 1.29 is 24.5 Å². The molecule has 0 unspecified atom stereocenters. The summed E-state index contributed by atoms with van der Waals surface area (Å²) in [5.41, 5.74) is -0.209. The fourth-order valence-corrected chi connectivity index (χ4v) is 1.58. The summed E-state index contributed by atoms with van der Waals surface area (Å²) in [5.74, 6) is 0. The fourth-order valence-electron chi connectivity index (χ4n) is 1.58. The van der Waals surface area contributed by atoms with Crippen LogP contribution in [0.25, 0.3) is 0 Å². The Kier molecular flexibility index (Phi) is 3.54. The topological polar surface area (TPSA) is 79.2 Å².